The zero-order valence-electron chi connectivity index (χ0n) is 43.3. The highest BCUT2D eigenvalue weighted by atomic mass is 15.0. The molecule has 0 N–H and O–H groups in total. The monoisotopic (exact) mass is 997 g/mol. The van der Waals surface area contributed by atoms with E-state index in [9.17, 15) is 10.5 Å². The minimum absolute atomic E-state index is 0.220. The summed E-state index contributed by atoms with van der Waals surface area (Å²) in [7, 11) is 0. The molecular weight excluding hydrogens is 951 g/mol. The predicted molar refractivity (Wildman–Crippen MR) is 315 cm³/mol. The quantitative estimate of drug-likeness (QED) is 0.165. The van der Waals surface area contributed by atoms with Crippen LogP contribution in [-0.2, 0) is 10.8 Å². The Labute approximate surface area is 451 Å². The minimum atomic E-state index is -0.226. The lowest BCUT2D eigenvalue weighted by Gasteiger charge is -2.22. The highest BCUT2D eigenvalue weighted by molar-refractivity contribution is 6.16. The smallest absolute Gasteiger partial charge is 0.165 e. The number of hydrogen-bond donors (Lipinski definition) is 0. The number of para-hydroxylation sites is 2. The molecule has 2 aliphatic rings. The molecule has 3 aromatic heterocycles. The number of aromatic nitrogens is 5. The van der Waals surface area contributed by atoms with E-state index in [2.05, 4.69) is 195 Å². The van der Waals surface area contributed by atoms with Gasteiger partial charge in [0.15, 0.2) is 17.5 Å². The van der Waals surface area contributed by atoms with E-state index >= 15 is 0 Å². The number of fused-ring (bicyclic) bond motifs is 14. The first-order valence-corrected chi connectivity index (χ1v) is 26.5. The van der Waals surface area contributed by atoms with E-state index in [1.807, 2.05) is 66.7 Å². The summed E-state index contributed by atoms with van der Waals surface area (Å²) in [6, 6.07) is 78.9. The topological polar surface area (TPSA) is 96.1 Å². The van der Waals surface area contributed by atoms with Crippen molar-refractivity contribution in [2.24, 2.45) is 0 Å². The van der Waals surface area contributed by atoms with Gasteiger partial charge >= 0.3 is 0 Å². The van der Waals surface area contributed by atoms with Crippen molar-refractivity contribution in [1.29, 1.82) is 10.5 Å². The van der Waals surface area contributed by atoms with Crippen molar-refractivity contribution >= 4 is 43.6 Å². The molecule has 10 aromatic carbocycles. The van der Waals surface area contributed by atoms with E-state index in [4.69, 9.17) is 15.0 Å². The molecule has 15 rings (SSSR count). The van der Waals surface area contributed by atoms with Gasteiger partial charge in [0.25, 0.3) is 0 Å². The Bertz CT molecular complexity index is 4820. The van der Waals surface area contributed by atoms with Crippen LogP contribution in [0.25, 0.3) is 123 Å². The fourth-order valence-electron chi connectivity index (χ4n) is 13.4. The molecule has 13 aromatic rings. The molecule has 2 aliphatic carbocycles. The van der Waals surface area contributed by atoms with Gasteiger partial charge in [-0.15, -0.1) is 0 Å². The fourth-order valence-corrected chi connectivity index (χ4v) is 13.4. The first-order valence-electron chi connectivity index (χ1n) is 26.5. The van der Waals surface area contributed by atoms with Crippen molar-refractivity contribution in [3.05, 3.63) is 246 Å². The SMILES string of the molecule is CC1(C)c2ccccc2-c2ccc3c(c21)c1ccccc1n3-c1ccc(-c2nc(-c3ccccc3)nc(-c3ccc(-n4c5ccccc5c5c6c(ccc54)-c4ccccc4C6(C)C)cc3-c3ccccc3C#N)n2)c(C#N)c1. The first-order chi connectivity index (χ1) is 38.1. The molecule has 0 saturated carbocycles. The standard InChI is InChI=1S/C71H47N7/c1-70(2)57-26-14-10-22-49(57)51-34-36-61-63(65(51)70)54-24-12-16-28-59(54)77(61)45-30-32-48(44(38-45)41-73)68-74-67(42-18-6-5-7-19-42)75-69(76-68)53-33-31-46(39-56(53)47-21-9-8-20-43(47)40-72)78-60-29-17-13-25-55(60)64-62(78)37-35-52-50-23-11-15-27-58(50)71(3,4)66(52)64/h5-39H,1-4H3. The van der Waals surface area contributed by atoms with E-state index in [-0.39, 0.29) is 10.8 Å². The molecule has 0 saturated heterocycles. The summed E-state index contributed by atoms with van der Waals surface area (Å²) in [6.45, 7) is 9.33. The zero-order chi connectivity index (χ0) is 52.6. The molecule has 0 atom stereocenters. The van der Waals surface area contributed by atoms with Crippen LogP contribution in [0, 0.1) is 22.7 Å². The number of nitrogens with zero attached hydrogens (tertiary/aromatic N) is 7. The van der Waals surface area contributed by atoms with Crippen molar-refractivity contribution in [1.82, 2.24) is 24.1 Å². The van der Waals surface area contributed by atoms with Crippen LogP contribution in [0.2, 0.25) is 0 Å². The highest BCUT2D eigenvalue weighted by Crippen LogP contribution is 2.55. The Kier molecular flexibility index (Phi) is 9.65. The van der Waals surface area contributed by atoms with Gasteiger partial charge in [-0.1, -0.05) is 173 Å². The normalized spacial score (nSPS) is 13.6. The van der Waals surface area contributed by atoms with Gasteiger partial charge in [0.05, 0.1) is 45.3 Å². The van der Waals surface area contributed by atoms with Crippen molar-refractivity contribution in [3.63, 3.8) is 0 Å². The summed E-state index contributed by atoms with van der Waals surface area (Å²) in [5.74, 6) is 1.25. The number of benzene rings is 10. The third-order valence-corrected chi connectivity index (χ3v) is 16.8. The maximum absolute atomic E-state index is 11.2. The Morgan fingerprint density at radius 1 is 0.346 bits per heavy atom. The van der Waals surface area contributed by atoms with Gasteiger partial charge in [-0.05, 0) is 117 Å². The zero-order valence-corrected chi connectivity index (χ0v) is 43.3. The average molecular weight is 998 g/mol. The van der Waals surface area contributed by atoms with Crippen LogP contribution in [0.1, 0.15) is 61.1 Å². The summed E-state index contributed by atoms with van der Waals surface area (Å²) >= 11 is 0. The molecule has 7 heteroatoms. The van der Waals surface area contributed by atoms with Gasteiger partial charge in [-0.3, -0.25) is 0 Å². The lowest BCUT2D eigenvalue weighted by molar-refractivity contribution is 0.666. The Balaban J connectivity index is 0.926. The largest absolute Gasteiger partial charge is 0.309 e. The molecule has 0 unspecified atom stereocenters. The van der Waals surface area contributed by atoms with Gasteiger partial charge in [0.1, 0.15) is 0 Å². The second kappa shape index (κ2) is 16.6. The number of rotatable bonds is 6. The average Bonchev–Trinajstić information content (AvgIpc) is 4.37. The number of nitriles is 2. The van der Waals surface area contributed by atoms with Crippen molar-refractivity contribution < 1.29 is 0 Å². The molecule has 78 heavy (non-hydrogen) atoms. The van der Waals surface area contributed by atoms with Crippen LogP contribution in [-0.4, -0.2) is 24.1 Å². The lowest BCUT2D eigenvalue weighted by atomic mass is 9.80. The molecule has 0 radical (unpaired) electrons. The maximum Gasteiger partial charge on any atom is 0.165 e. The molecule has 366 valence electrons. The van der Waals surface area contributed by atoms with Crippen LogP contribution in [0.5, 0.6) is 0 Å². The van der Waals surface area contributed by atoms with Crippen LogP contribution in [0.15, 0.2) is 212 Å². The second-order valence-corrected chi connectivity index (χ2v) is 21.7. The van der Waals surface area contributed by atoms with E-state index in [0.29, 0.717) is 34.2 Å². The van der Waals surface area contributed by atoms with Gasteiger partial charge in [-0.25, -0.2) is 15.0 Å². The minimum Gasteiger partial charge on any atom is -0.309 e. The van der Waals surface area contributed by atoms with E-state index < -0.39 is 0 Å². The van der Waals surface area contributed by atoms with Crippen LogP contribution < -0.4 is 0 Å². The Hall–Kier alpha value is -10.2. The molecular formula is C71H47N7. The third kappa shape index (κ3) is 6.34. The van der Waals surface area contributed by atoms with Gasteiger partial charge in [-0.2, -0.15) is 10.5 Å². The predicted octanol–water partition coefficient (Wildman–Crippen LogP) is 17.1. The second-order valence-electron chi connectivity index (χ2n) is 21.7. The van der Waals surface area contributed by atoms with E-state index in [1.165, 1.54) is 66.1 Å². The van der Waals surface area contributed by atoms with Gasteiger partial charge < -0.3 is 9.13 Å². The molecule has 0 bridgehead atoms. The van der Waals surface area contributed by atoms with Crippen molar-refractivity contribution in [2.45, 2.75) is 38.5 Å². The summed E-state index contributed by atoms with van der Waals surface area (Å²) in [5.41, 5.74) is 20.7. The highest BCUT2D eigenvalue weighted by Gasteiger charge is 2.40. The fraction of sp³-hybridized carbons (Fsp3) is 0.0845. The Morgan fingerprint density at radius 3 is 1.37 bits per heavy atom. The van der Waals surface area contributed by atoms with Gasteiger partial charge in [0, 0.05) is 66.0 Å². The summed E-state index contributed by atoms with van der Waals surface area (Å²) in [5, 5.41) is 26.7. The number of hydrogen-bond acceptors (Lipinski definition) is 5. The van der Waals surface area contributed by atoms with Crippen LogP contribution in [0.3, 0.4) is 0 Å². The summed E-state index contributed by atoms with van der Waals surface area (Å²) < 4.78 is 4.64. The molecule has 0 aliphatic heterocycles. The Morgan fingerprint density at radius 2 is 0.795 bits per heavy atom. The summed E-state index contributed by atoms with van der Waals surface area (Å²) in [6.07, 6.45) is 0. The van der Waals surface area contributed by atoms with E-state index in [0.717, 1.165) is 55.7 Å². The maximum atomic E-state index is 11.2. The molecule has 0 amide bonds. The lowest BCUT2D eigenvalue weighted by Crippen LogP contribution is -2.15. The third-order valence-electron chi connectivity index (χ3n) is 16.8. The first kappa shape index (κ1) is 45.2. The van der Waals surface area contributed by atoms with Crippen molar-refractivity contribution in [3.8, 4) is 91.1 Å². The molecule has 7 nitrogen and oxygen atoms in total. The molecule has 0 spiro atoms. The van der Waals surface area contributed by atoms with E-state index in [1.54, 1.807) is 0 Å². The van der Waals surface area contributed by atoms with Crippen LogP contribution in [0.4, 0.5) is 0 Å². The van der Waals surface area contributed by atoms with Gasteiger partial charge in [0.2, 0.25) is 0 Å². The van der Waals surface area contributed by atoms with Crippen LogP contribution >= 0.6 is 0 Å². The molecule has 3 heterocycles. The summed E-state index contributed by atoms with van der Waals surface area (Å²) in [4.78, 5) is 15.7. The van der Waals surface area contributed by atoms with Crippen molar-refractivity contribution in [2.75, 3.05) is 0 Å². The molecule has 0 fully saturated rings.